The van der Waals surface area contributed by atoms with Gasteiger partial charge in [-0.2, -0.15) is 0 Å². The quantitative estimate of drug-likeness (QED) is 0.793. The van der Waals surface area contributed by atoms with Crippen molar-refractivity contribution in [2.24, 2.45) is 0 Å². The summed E-state index contributed by atoms with van der Waals surface area (Å²) in [4.78, 5) is 10.7. The molecule has 0 aliphatic heterocycles. The second-order valence-electron chi connectivity index (χ2n) is 4.45. The predicted octanol–water partition coefficient (Wildman–Crippen LogP) is 2.77. The summed E-state index contributed by atoms with van der Waals surface area (Å²) in [5.41, 5.74) is 0.698. The first-order valence-corrected chi connectivity index (χ1v) is 6.16. The second-order valence-corrected chi connectivity index (χ2v) is 4.45. The molecule has 0 saturated heterocycles. The van der Waals surface area contributed by atoms with Crippen LogP contribution in [-0.2, 0) is 13.2 Å². The highest BCUT2D eigenvalue weighted by Crippen LogP contribution is 2.21. The number of nitrogens with one attached hydrogen (secondary N) is 1. The summed E-state index contributed by atoms with van der Waals surface area (Å²) in [7, 11) is 0. The van der Waals surface area contributed by atoms with Gasteiger partial charge >= 0.3 is 5.97 Å². The summed E-state index contributed by atoms with van der Waals surface area (Å²) in [5, 5.41) is 20.2. The Morgan fingerprint density at radius 2 is 1.57 bits per heavy atom. The van der Waals surface area contributed by atoms with Crippen LogP contribution < -0.4 is 5.32 Å². The van der Waals surface area contributed by atoms with Crippen LogP contribution in [0.25, 0.3) is 0 Å². The predicted molar refractivity (Wildman–Crippen MR) is 73.0 cm³/mol. The molecular weight excluding hydrogens is 280 g/mol. The normalized spacial score (nSPS) is 10.4. The van der Waals surface area contributed by atoms with E-state index in [2.05, 4.69) is 5.32 Å². The molecule has 0 radical (unpaired) electrons. The highest BCUT2D eigenvalue weighted by atomic mass is 19.1. The minimum atomic E-state index is -1.39. The van der Waals surface area contributed by atoms with E-state index in [4.69, 9.17) is 10.2 Å². The Morgan fingerprint density at radius 3 is 2.05 bits per heavy atom. The van der Waals surface area contributed by atoms with E-state index in [0.29, 0.717) is 0 Å². The molecule has 6 heteroatoms. The average molecular weight is 293 g/mol. The van der Waals surface area contributed by atoms with Crippen LogP contribution in [0.4, 0.5) is 14.5 Å². The van der Waals surface area contributed by atoms with Crippen LogP contribution in [0.5, 0.6) is 0 Å². The Morgan fingerprint density at radius 1 is 1.05 bits per heavy atom. The SMILES string of the molecule is O=C(O)c1cc(F)c(NCc2ccc(CO)cc2)c(F)c1. The molecule has 0 aliphatic carbocycles. The standard InChI is InChI=1S/C15H13F2NO3/c16-12-5-11(15(20)21)6-13(17)14(12)18-7-9-1-3-10(8-19)4-2-9/h1-6,18-19H,7-8H2,(H,20,21). The minimum absolute atomic E-state index is 0.0758. The smallest absolute Gasteiger partial charge is 0.335 e. The Bertz CT molecular complexity index is 633. The summed E-state index contributed by atoms with van der Waals surface area (Å²) >= 11 is 0. The molecule has 0 aliphatic rings. The van der Waals surface area contributed by atoms with Crippen molar-refractivity contribution in [2.45, 2.75) is 13.2 Å². The van der Waals surface area contributed by atoms with Crippen molar-refractivity contribution >= 4 is 11.7 Å². The Labute approximate surface area is 119 Å². The maximum atomic E-state index is 13.7. The number of aliphatic hydroxyl groups is 1. The first-order chi connectivity index (χ1) is 10.0. The molecule has 0 amide bonds. The lowest BCUT2D eigenvalue weighted by Crippen LogP contribution is -2.06. The van der Waals surface area contributed by atoms with Gasteiger partial charge in [-0.3, -0.25) is 0 Å². The van der Waals surface area contributed by atoms with Gasteiger partial charge in [0.1, 0.15) is 17.3 Å². The Balaban J connectivity index is 2.14. The minimum Gasteiger partial charge on any atom is -0.478 e. The molecule has 2 rings (SSSR count). The number of carboxylic acids is 1. The van der Waals surface area contributed by atoms with Gasteiger partial charge < -0.3 is 15.5 Å². The lowest BCUT2D eigenvalue weighted by atomic mass is 10.1. The van der Waals surface area contributed by atoms with E-state index < -0.39 is 23.2 Å². The molecule has 0 fully saturated rings. The molecule has 21 heavy (non-hydrogen) atoms. The van der Waals surface area contributed by atoms with Crippen LogP contribution >= 0.6 is 0 Å². The van der Waals surface area contributed by atoms with Gasteiger partial charge in [-0.05, 0) is 23.3 Å². The van der Waals surface area contributed by atoms with Crippen molar-refractivity contribution in [2.75, 3.05) is 5.32 Å². The summed E-state index contributed by atoms with van der Waals surface area (Å²) < 4.78 is 27.4. The fourth-order valence-electron chi connectivity index (χ4n) is 1.82. The summed E-state index contributed by atoms with van der Waals surface area (Å²) in [6, 6.07) is 8.39. The molecule has 2 aromatic carbocycles. The average Bonchev–Trinajstić information content (AvgIpc) is 2.46. The highest BCUT2D eigenvalue weighted by Gasteiger charge is 2.14. The van der Waals surface area contributed by atoms with Gasteiger partial charge in [0.15, 0.2) is 0 Å². The molecule has 0 unspecified atom stereocenters. The molecule has 110 valence electrons. The fourth-order valence-corrected chi connectivity index (χ4v) is 1.82. The van der Waals surface area contributed by atoms with Gasteiger partial charge in [0, 0.05) is 6.54 Å². The first-order valence-electron chi connectivity index (χ1n) is 6.16. The lowest BCUT2D eigenvalue weighted by molar-refractivity contribution is 0.0696. The molecule has 0 spiro atoms. The van der Waals surface area contributed by atoms with Crippen molar-refractivity contribution in [3.63, 3.8) is 0 Å². The molecule has 0 heterocycles. The van der Waals surface area contributed by atoms with Gasteiger partial charge in [-0.15, -0.1) is 0 Å². The lowest BCUT2D eigenvalue weighted by Gasteiger charge is -2.10. The molecule has 0 saturated carbocycles. The molecular formula is C15H13F2NO3. The monoisotopic (exact) mass is 293 g/mol. The van der Waals surface area contributed by atoms with Crippen LogP contribution in [0.1, 0.15) is 21.5 Å². The van der Waals surface area contributed by atoms with Gasteiger partial charge in [-0.25, -0.2) is 13.6 Å². The third kappa shape index (κ3) is 3.55. The van der Waals surface area contributed by atoms with Crippen molar-refractivity contribution < 1.29 is 23.8 Å². The summed E-state index contributed by atoms with van der Waals surface area (Å²) in [5.74, 6) is -3.31. The zero-order chi connectivity index (χ0) is 15.4. The number of carboxylic acid groups (broad SMARTS) is 1. The van der Waals surface area contributed by atoms with Gasteiger partial charge in [0.25, 0.3) is 0 Å². The van der Waals surface area contributed by atoms with Crippen molar-refractivity contribution in [1.29, 1.82) is 0 Å². The molecule has 0 atom stereocenters. The molecule has 0 bridgehead atoms. The maximum Gasteiger partial charge on any atom is 0.335 e. The van der Waals surface area contributed by atoms with E-state index in [0.717, 1.165) is 23.3 Å². The molecule has 4 nitrogen and oxygen atoms in total. The van der Waals surface area contributed by atoms with Crippen LogP contribution in [0.2, 0.25) is 0 Å². The summed E-state index contributed by atoms with van der Waals surface area (Å²) in [6.45, 7) is 0.0968. The van der Waals surface area contributed by atoms with Crippen LogP contribution in [0, 0.1) is 11.6 Å². The van der Waals surface area contributed by atoms with E-state index >= 15 is 0 Å². The van der Waals surface area contributed by atoms with E-state index in [1.54, 1.807) is 24.3 Å². The Hall–Kier alpha value is -2.47. The topological polar surface area (TPSA) is 69.6 Å². The van der Waals surface area contributed by atoms with Crippen molar-refractivity contribution in [3.8, 4) is 0 Å². The number of hydrogen-bond acceptors (Lipinski definition) is 3. The van der Waals surface area contributed by atoms with E-state index in [9.17, 15) is 13.6 Å². The molecule has 0 aromatic heterocycles. The van der Waals surface area contributed by atoms with Crippen molar-refractivity contribution in [1.82, 2.24) is 0 Å². The third-order valence-electron chi connectivity index (χ3n) is 2.96. The first kappa shape index (κ1) is 14.9. The van der Waals surface area contributed by atoms with E-state index in [1.165, 1.54) is 0 Å². The number of aliphatic hydroxyl groups excluding tert-OH is 1. The highest BCUT2D eigenvalue weighted by molar-refractivity contribution is 5.88. The summed E-state index contributed by atoms with van der Waals surface area (Å²) in [6.07, 6.45) is 0. The number of hydrogen-bond donors (Lipinski definition) is 3. The number of halogens is 2. The number of carbonyl (C=O) groups is 1. The number of anilines is 1. The third-order valence-corrected chi connectivity index (χ3v) is 2.96. The van der Waals surface area contributed by atoms with E-state index in [-0.39, 0.29) is 18.8 Å². The Kier molecular flexibility index (Phi) is 4.49. The zero-order valence-corrected chi connectivity index (χ0v) is 10.9. The fraction of sp³-hybridized carbons (Fsp3) is 0.133. The number of aromatic carboxylic acids is 1. The zero-order valence-electron chi connectivity index (χ0n) is 10.9. The van der Waals surface area contributed by atoms with Gasteiger partial charge in [0.05, 0.1) is 12.2 Å². The van der Waals surface area contributed by atoms with Crippen LogP contribution in [0.15, 0.2) is 36.4 Å². The number of rotatable bonds is 5. The van der Waals surface area contributed by atoms with Crippen molar-refractivity contribution in [3.05, 3.63) is 64.7 Å². The number of benzene rings is 2. The van der Waals surface area contributed by atoms with Crippen LogP contribution in [-0.4, -0.2) is 16.2 Å². The van der Waals surface area contributed by atoms with E-state index in [1.807, 2.05) is 0 Å². The second kappa shape index (κ2) is 6.32. The maximum absolute atomic E-state index is 13.7. The van der Waals surface area contributed by atoms with Gasteiger partial charge in [0.2, 0.25) is 0 Å². The molecule has 3 N–H and O–H groups in total. The molecule has 2 aromatic rings. The van der Waals surface area contributed by atoms with Crippen LogP contribution in [0.3, 0.4) is 0 Å². The largest absolute Gasteiger partial charge is 0.478 e. The van der Waals surface area contributed by atoms with Gasteiger partial charge in [-0.1, -0.05) is 24.3 Å².